The molecule has 1 N–H and O–H groups in total. The van der Waals surface area contributed by atoms with Gasteiger partial charge in [-0.3, -0.25) is 4.79 Å². The molecule has 2 aliphatic rings. The van der Waals surface area contributed by atoms with Gasteiger partial charge in [0.05, 0.1) is 0 Å². The minimum atomic E-state index is 0.236. The molecule has 1 heterocycles. The standard InChI is InChI=1S/C9H9NO/c11-9-3-1-2-7-6-10-5-4-8(7)9/h1-2,4-5,10H,3,6H2. The van der Waals surface area contributed by atoms with Gasteiger partial charge in [-0.1, -0.05) is 12.2 Å². The lowest BCUT2D eigenvalue weighted by atomic mass is 9.95. The van der Waals surface area contributed by atoms with Crippen LogP contribution in [0.5, 0.6) is 0 Å². The Bertz CT molecular complexity index is 284. The quantitative estimate of drug-likeness (QED) is 0.552. The minimum Gasteiger partial charge on any atom is -0.387 e. The van der Waals surface area contributed by atoms with Gasteiger partial charge < -0.3 is 5.32 Å². The number of carbonyl (C=O) groups is 1. The van der Waals surface area contributed by atoms with Gasteiger partial charge in [0, 0.05) is 18.5 Å². The number of dihydropyridines is 1. The molecule has 0 aromatic rings. The van der Waals surface area contributed by atoms with Gasteiger partial charge in [-0.15, -0.1) is 0 Å². The minimum absolute atomic E-state index is 0.236. The largest absolute Gasteiger partial charge is 0.387 e. The zero-order chi connectivity index (χ0) is 7.68. The van der Waals surface area contributed by atoms with Crippen LogP contribution in [-0.4, -0.2) is 12.3 Å². The smallest absolute Gasteiger partial charge is 0.167 e. The van der Waals surface area contributed by atoms with Crippen LogP contribution in [0.3, 0.4) is 0 Å². The van der Waals surface area contributed by atoms with Crippen molar-refractivity contribution in [1.29, 1.82) is 0 Å². The van der Waals surface area contributed by atoms with E-state index in [1.807, 2.05) is 24.4 Å². The maximum atomic E-state index is 11.2. The highest BCUT2D eigenvalue weighted by Gasteiger charge is 2.15. The van der Waals surface area contributed by atoms with E-state index >= 15 is 0 Å². The van der Waals surface area contributed by atoms with Crippen LogP contribution in [-0.2, 0) is 4.79 Å². The zero-order valence-electron chi connectivity index (χ0n) is 6.13. The molecule has 1 aliphatic heterocycles. The SMILES string of the molecule is O=C1CC=CC2=C1C=CNC2. The van der Waals surface area contributed by atoms with E-state index in [1.54, 1.807) is 0 Å². The highest BCUT2D eigenvalue weighted by atomic mass is 16.1. The average Bonchev–Trinajstić information content (AvgIpc) is 2.06. The Morgan fingerprint density at radius 1 is 1.36 bits per heavy atom. The molecule has 0 aromatic carbocycles. The number of allylic oxidation sites excluding steroid dienone is 3. The predicted molar refractivity (Wildman–Crippen MR) is 42.9 cm³/mol. The summed E-state index contributed by atoms with van der Waals surface area (Å²) in [6.45, 7) is 0.786. The molecular formula is C9H9NO. The van der Waals surface area contributed by atoms with Gasteiger partial charge in [0.15, 0.2) is 5.78 Å². The van der Waals surface area contributed by atoms with Gasteiger partial charge in [-0.05, 0) is 17.8 Å². The zero-order valence-corrected chi connectivity index (χ0v) is 6.13. The van der Waals surface area contributed by atoms with E-state index in [2.05, 4.69) is 5.32 Å². The number of carbonyl (C=O) groups excluding carboxylic acids is 1. The number of rotatable bonds is 0. The molecule has 56 valence electrons. The number of hydrogen-bond donors (Lipinski definition) is 1. The molecule has 0 radical (unpaired) electrons. The molecule has 0 atom stereocenters. The van der Waals surface area contributed by atoms with Gasteiger partial charge in [0.2, 0.25) is 0 Å². The highest BCUT2D eigenvalue weighted by molar-refractivity contribution is 6.01. The monoisotopic (exact) mass is 147 g/mol. The number of nitrogens with one attached hydrogen (secondary N) is 1. The molecule has 2 heteroatoms. The van der Waals surface area contributed by atoms with E-state index in [0.717, 1.165) is 17.7 Å². The Morgan fingerprint density at radius 2 is 2.27 bits per heavy atom. The Balaban J connectivity index is 2.43. The van der Waals surface area contributed by atoms with Crippen LogP contribution in [0, 0.1) is 0 Å². The van der Waals surface area contributed by atoms with Crippen molar-refractivity contribution in [3.63, 3.8) is 0 Å². The van der Waals surface area contributed by atoms with E-state index in [0.29, 0.717) is 6.42 Å². The Labute approximate surface area is 65.3 Å². The molecule has 0 amide bonds. The normalized spacial score (nSPS) is 21.6. The summed E-state index contributed by atoms with van der Waals surface area (Å²) in [5, 5.41) is 3.06. The Kier molecular flexibility index (Phi) is 1.39. The van der Waals surface area contributed by atoms with Gasteiger partial charge in [-0.25, -0.2) is 0 Å². The van der Waals surface area contributed by atoms with Gasteiger partial charge >= 0.3 is 0 Å². The molecule has 0 unspecified atom stereocenters. The van der Waals surface area contributed by atoms with E-state index in [-0.39, 0.29) is 5.78 Å². The molecule has 0 bridgehead atoms. The van der Waals surface area contributed by atoms with E-state index in [9.17, 15) is 4.79 Å². The van der Waals surface area contributed by atoms with Crippen molar-refractivity contribution in [2.75, 3.05) is 6.54 Å². The fraction of sp³-hybridized carbons (Fsp3) is 0.222. The van der Waals surface area contributed by atoms with Crippen molar-refractivity contribution < 1.29 is 4.79 Å². The third kappa shape index (κ3) is 1.00. The molecule has 0 aromatic heterocycles. The summed E-state index contributed by atoms with van der Waals surface area (Å²) < 4.78 is 0. The average molecular weight is 147 g/mol. The van der Waals surface area contributed by atoms with Gasteiger partial charge in [0.1, 0.15) is 0 Å². The summed E-state index contributed by atoms with van der Waals surface area (Å²) in [6.07, 6.45) is 8.18. The Morgan fingerprint density at radius 3 is 3.09 bits per heavy atom. The Hall–Kier alpha value is -1.31. The summed E-state index contributed by atoms with van der Waals surface area (Å²) in [7, 11) is 0. The predicted octanol–water partition coefficient (Wildman–Crippen LogP) is 0.929. The van der Waals surface area contributed by atoms with Crippen LogP contribution in [0.2, 0.25) is 0 Å². The first-order chi connectivity index (χ1) is 5.38. The van der Waals surface area contributed by atoms with Crippen molar-refractivity contribution in [3.8, 4) is 0 Å². The van der Waals surface area contributed by atoms with Crippen molar-refractivity contribution in [2.24, 2.45) is 0 Å². The molecule has 0 saturated carbocycles. The van der Waals surface area contributed by atoms with E-state index in [4.69, 9.17) is 0 Å². The number of hydrogen-bond acceptors (Lipinski definition) is 2. The fourth-order valence-electron chi connectivity index (χ4n) is 1.35. The summed E-state index contributed by atoms with van der Waals surface area (Å²) in [4.78, 5) is 11.2. The molecule has 1 aliphatic carbocycles. The van der Waals surface area contributed by atoms with E-state index < -0.39 is 0 Å². The van der Waals surface area contributed by atoms with Crippen molar-refractivity contribution >= 4 is 5.78 Å². The number of ketones is 1. The lowest BCUT2D eigenvalue weighted by molar-refractivity contribution is -0.114. The van der Waals surface area contributed by atoms with Crippen molar-refractivity contribution in [2.45, 2.75) is 6.42 Å². The van der Waals surface area contributed by atoms with Gasteiger partial charge in [-0.2, -0.15) is 0 Å². The van der Waals surface area contributed by atoms with Crippen LogP contribution in [0.25, 0.3) is 0 Å². The summed E-state index contributed by atoms with van der Waals surface area (Å²) in [5.74, 6) is 0.236. The second-order valence-electron chi connectivity index (χ2n) is 2.68. The topological polar surface area (TPSA) is 29.1 Å². The molecule has 2 rings (SSSR count). The molecule has 11 heavy (non-hydrogen) atoms. The molecule has 0 spiro atoms. The maximum absolute atomic E-state index is 11.2. The second-order valence-corrected chi connectivity index (χ2v) is 2.68. The first-order valence-electron chi connectivity index (χ1n) is 3.71. The van der Waals surface area contributed by atoms with Crippen LogP contribution in [0.15, 0.2) is 35.6 Å². The van der Waals surface area contributed by atoms with Crippen LogP contribution >= 0.6 is 0 Å². The maximum Gasteiger partial charge on any atom is 0.167 e. The van der Waals surface area contributed by atoms with Crippen LogP contribution in [0.4, 0.5) is 0 Å². The fourth-order valence-corrected chi connectivity index (χ4v) is 1.35. The second kappa shape index (κ2) is 2.38. The van der Waals surface area contributed by atoms with Crippen LogP contribution < -0.4 is 5.32 Å². The molecule has 0 saturated heterocycles. The molecular weight excluding hydrogens is 138 g/mol. The lowest BCUT2D eigenvalue weighted by Crippen LogP contribution is -2.19. The van der Waals surface area contributed by atoms with Crippen LogP contribution in [0.1, 0.15) is 6.42 Å². The molecule has 0 fully saturated rings. The number of Topliss-reactive ketones (excluding diaryl/α,β-unsaturated/α-hetero) is 1. The highest BCUT2D eigenvalue weighted by Crippen LogP contribution is 2.18. The van der Waals surface area contributed by atoms with Gasteiger partial charge in [0.25, 0.3) is 0 Å². The molecule has 2 nitrogen and oxygen atoms in total. The first kappa shape index (κ1) is 6.40. The first-order valence-corrected chi connectivity index (χ1v) is 3.71. The summed E-state index contributed by atoms with van der Waals surface area (Å²) >= 11 is 0. The summed E-state index contributed by atoms with van der Waals surface area (Å²) in [5.41, 5.74) is 2.00. The lowest BCUT2D eigenvalue weighted by Gasteiger charge is -2.15. The third-order valence-electron chi connectivity index (χ3n) is 1.93. The van der Waals surface area contributed by atoms with Crippen molar-refractivity contribution in [3.05, 3.63) is 35.6 Å². The third-order valence-corrected chi connectivity index (χ3v) is 1.93. The summed E-state index contributed by atoms with van der Waals surface area (Å²) in [6, 6.07) is 0. The van der Waals surface area contributed by atoms with E-state index in [1.165, 1.54) is 0 Å². The van der Waals surface area contributed by atoms with Crippen molar-refractivity contribution in [1.82, 2.24) is 5.32 Å².